The summed E-state index contributed by atoms with van der Waals surface area (Å²) in [4.78, 5) is 24.6. The Balaban J connectivity index is 0.000000761. The molecule has 6 aliphatic heterocycles. The van der Waals surface area contributed by atoms with Crippen LogP contribution in [0.5, 0.6) is 0 Å². The van der Waals surface area contributed by atoms with Gasteiger partial charge in [0.2, 0.25) is 0 Å². The first kappa shape index (κ1) is 56.1. The number of likely N-dealkylation sites (N-methyl/N-ethyl adjacent to an activating group) is 1. The average Bonchev–Trinajstić information content (AvgIpc) is 3.70. The molecule has 0 aromatic heterocycles. The van der Waals surface area contributed by atoms with Crippen LogP contribution in [-0.2, 0) is 52.2 Å². The third-order valence-corrected chi connectivity index (χ3v) is 15.9. The minimum atomic E-state index is -1.83. The molecule has 16 nitrogen and oxygen atoms in total. The fourth-order valence-corrected chi connectivity index (χ4v) is 11.6. The van der Waals surface area contributed by atoms with E-state index >= 15 is 0 Å². The van der Waals surface area contributed by atoms with Gasteiger partial charge in [-0.2, -0.15) is 0 Å². The Kier molecular flexibility index (Phi) is 19.0. The highest BCUT2D eigenvalue weighted by molar-refractivity contribution is 5.87. The van der Waals surface area contributed by atoms with Gasteiger partial charge in [0.15, 0.2) is 18.4 Å². The molecule has 2 bridgehead atoms. The topological polar surface area (TPSA) is 199 Å². The first-order valence-corrected chi connectivity index (χ1v) is 26.0. The van der Waals surface area contributed by atoms with Gasteiger partial charge in [0.25, 0.3) is 0 Å². The smallest absolute Gasteiger partial charge is 0.335 e. The number of carboxylic acids is 1. The molecule has 1 aliphatic carbocycles. The van der Waals surface area contributed by atoms with Crippen LogP contribution in [-0.4, -0.2) is 152 Å². The van der Waals surface area contributed by atoms with Crippen LogP contribution in [0, 0.1) is 23.7 Å². The van der Waals surface area contributed by atoms with E-state index in [1.165, 1.54) is 0 Å². The van der Waals surface area contributed by atoms with Gasteiger partial charge in [-0.1, -0.05) is 88.8 Å². The molecule has 7 aliphatic rings. The minimum absolute atomic E-state index is 0.0411. The molecule has 72 heavy (non-hydrogen) atoms. The quantitative estimate of drug-likeness (QED) is 0.138. The summed E-state index contributed by atoms with van der Waals surface area (Å²) in [6.45, 7) is 16.4. The van der Waals surface area contributed by atoms with Crippen LogP contribution in [0.4, 0.5) is 0 Å². The van der Waals surface area contributed by atoms with Crippen LogP contribution in [0.2, 0.25) is 0 Å². The maximum atomic E-state index is 14.4. The molecule has 4 fully saturated rings. The Bertz CT molecular complexity index is 2140. The van der Waals surface area contributed by atoms with Crippen LogP contribution in [0.15, 0.2) is 89.6 Å². The predicted molar refractivity (Wildman–Crippen MR) is 268 cm³/mol. The number of hydrogen-bond donors (Lipinski definition) is 4. The van der Waals surface area contributed by atoms with Crippen molar-refractivity contribution in [3.05, 3.63) is 95.1 Å². The number of esters is 1. The molecular formula is C56H81NO15. The number of ether oxygens (including phenoxy) is 10. The maximum Gasteiger partial charge on any atom is 0.335 e. The number of carbonyl (C=O) groups is 2. The summed E-state index contributed by atoms with van der Waals surface area (Å²) in [6.07, 6.45) is 10.7. The second-order valence-electron chi connectivity index (χ2n) is 21.0. The highest BCUT2D eigenvalue weighted by atomic mass is 16.7. The molecule has 6 heterocycles. The molecule has 1 spiro atoms. The van der Waals surface area contributed by atoms with Crippen molar-refractivity contribution >= 4 is 11.9 Å². The fourth-order valence-electron chi connectivity index (χ4n) is 11.6. The number of aliphatic hydroxyl groups is 2. The number of nitrogens with one attached hydrogen (secondary N) is 1. The average molecular weight is 1010 g/mol. The van der Waals surface area contributed by atoms with E-state index in [-0.39, 0.29) is 67.0 Å². The molecule has 0 amide bonds. The summed E-state index contributed by atoms with van der Waals surface area (Å²) in [5.41, 5.74) is 0.511. The molecule has 4 saturated heterocycles. The zero-order valence-electron chi connectivity index (χ0n) is 44.0. The minimum Gasteiger partial charge on any atom is -0.478 e. The standard InChI is InChI=1S/C49H75NO13.C7H6O2/c1-12-26(2)44-29(5)18-19-48(63-44)24-35-21-34(62-48)17-16-28(4)43(27(3)14-13-15-33-25-56-46-42(51)30(6)20-36(47(52)59-35)49(33,46)53)60-40-23-38(55-11)45(32(8)58-40)61-39-22-37(54-10)41(50-9)31(7)57-39;8-7(9)6-4-2-1-3-5-6/h13-16,18-20,26-27,29,31-32,34-46,50-51,53H,12,17,21-25H2,1-11H3;1-5H,(H,8,9)/b14-13+,28-16+,33-15+;/t26-,27-,29-,31-,32-,34+,35-,36-,37+,38+,39-,40-,41+,42+,43-,44+,45-,46+,48+,49+;/m0./s1. The molecule has 1 aromatic carbocycles. The fraction of sp³-hybridized carbons (Fsp3) is 0.679. The van der Waals surface area contributed by atoms with E-state index in [4.69, 9.17) is 52.5 Å². The van der Waals surface area contributed by atoms with Crippen LogP contribution in [0.25, 0.3) is 0 Å². The van der Waals surface area contributed by atoms with Crippen molar-refractivity contribution in [3.8, 4) is 0 Å². The van der Waals surface area contributed by atoms with Gasteiger partial charge in [-0.3, -0.25) is 4.79 Å². The highest BCUT2D eigenvalue weighted by Gasteiger charge is 2.60. The lowest BCUT2D eigenvalue weighted by Gasteiger charge is -2.48. The summed E-state index contributed by atoms with van der Waals surface area (Å²) in [5.74, 6) is -3.39. The molecule has 400 valence electrons. The van der Waals surface area contributed by atoms with Crippen molar-refractivity contribution in [2.45, 2.75) is 191 Å². The number of benzene rings is 1. The molecule has 0 unspecified atom stereocenters. The molecule has 4 N–H and O–H groups in total. The number of fused-ring (bicyclic) bond motifs is 2. The summed E-state index contributed by atoms with van der Waals surface area (Å²) >= 11 is 0. The Morgan fingerprint density at radius 2 is 1.60 bits per heavy atom. The lowest BCUT2D eigenvalue weighted by molar-refractivity contribution is -0.312. The van der Waals surface area contributed by atoms with Gasteiger partial charge in [0.05, 0.1) is 60.9 Å². The number of hydrogen-bond acceptors (Lipinski definition) is 15. The third kappa shape index (κ3) is 12.4. The van der Waals surface area contributed by atoms with Crippen molar-refractivity contribution in [2.75, 3.05) is 27.9 Å². The molecule has 1 aromatic rings. The highest BCUT2D eigenvalue weighted by Crippen LogP contribution is 2.47. The van der Waals surface area contributed by atoms with E-state index < -0.39 is 72.3 Å². The Morgan fingerprint density at radius 3 is 2.26 bits per heavy atom. The Labute approximate surface area is 426 Å². The number of carbonyl (C=O) groups excluding carboxylic acids is 1. The second kappa shape index (κ2) is 24.4. The van der Waals surface area contributed by atoms with E-state index in [9.17, 15) is 19.8 Å². The first-order valence-electron chi connectivity index (χ1n) is 26.0. The Hall–Kier alpha value is -3.62. The predicted octanol–water partition coefficient (Wildman–Crippen LogP) is 6.99. The lowest BCUT2D eigenvalue weighted by Crippen LogP contribution is -2.58. The number of allylic oxidation sites excluding steroid dienone is 2. The molecule has 8 rings (SSSR count). The largest absolute Gasteiger partial charge is 0.478 e. The van der Waals surface area contributed by atoms with Gasteiger partial charge in [-0.05, 0) is 82.0 Å². The molecule has 0 saturated carbocycles. The van der Waals surface area contributed by atoms with Gasteiger partial charge >= 0.3 is 11.9 Å². The van der Waals surface area contributed by atoms with E-state index in [0.29, 0.717) is 48.8 Å². The van der Waals surface area contributed by atoms with Crippen molar-refractivity contribution in [3.63, 3.8) is 0 Å². The first-order chi connectivity index (χ1) is 34.3. The van der Waals surface area contributed by atoms with Gasteiger partial charge in [-0.15, -0.1) is 0 Å². The molecule has 20 atom stereocenters. The lowest BCUT2D eigenvalue weighted by atomic mass is 9.71. The Morgan fingerprint density at radius 1 is 0.903 bits per heavy atom. The van der Waals surface area contributed by atoms with Crippen LogP contribution >= 0.6 is 0 Å². The number of methoxy groups -OCH3 is 2. The van der Waals surface area contributed by atoms with E-state index in [1.54, 1.807) is 63.6 Å². The van der Waals surface area contributed by atoms with Crippen molar-refractivity contribution in [1.29, 1.82) is 0 Å². The van der Waals surface area contributed by atoms with Gasteiger partial charge in [0, 0.05) is 51.7 Å². The second-order valence-corrected chi connectivity index (χ2v) is 21.0. The molecular weight excluding hydrogens is 927 g/mol. The van der Waals surface area contributed by atoms with Crippen molar-refractivity contribution in [1.82, 2.24) is 5.32 Å². The normalized spacial score (nSPS) is 43.6. The number of aromatic carboxylic acids is 1. The summed E-state index contributed by atoms with van der Waals surface area (Å²) < 4.78 is 64.6. The third-order valence-electron chi connectivity index (χ3n) is 15.9. The summed E-state index contributed by atoms with van der Waals surface area (Å²) in [5, 5.41) is 35.4. The summed E-state index contributed by atoms with van der Waals surface area (Å²) in [6, 6.07) is 8.34. The van der Waals surface area contributed by atoms with E-state index in [1.807, 2.05) is 39.1 Å². The maximum absolute atomic E-state index is 14.4. The van der Waals surface area contributed by atoms with Crippen LogP contribution in [0.3, 0.4) is 0 Å². The van der Waals surface area contributed by atoms with E-state index in [0.717, 1.165) is 12.0 Å². The van der Waals surface area contributed by atoms with Crippen molar-refractivity contribution in [2.24, 2.45) is 23.7 Å². The van der Waals surface area contributed by atoms with Crippen LogP contribution < -0.4 is 5.32 Å². The van der Waals surface area contributed by atoms with Crippen LogP contribution in [0.1, 0.15) is 104 Å². The zero-order chi connectivity index (χ0) is 52.1. The number of carboxylic acid groups (broad SMARTS) is 1. The van der Waals surface area contributed by atoms with Gasteiger partial charge in [-0.25, -0.2) is 4.79 Å². The molecule has 16 heteroatoms. The SMILES string of the molecule is CC[C@H](C)[C@H]1O[C@]2(C=C[C@@H]1C)C[C@@H]1C[C@@H](C/C=C(\C)[C@@H](O[C@H]3C[C@@H](OC)[C@@H](O[C@H]4C[C@@H](OC)[C@H](NC)[C@H](C)O4)[C@H](C)O3)[C@@H](C)/C=C/C=C3\CO[C@@H]4[C@H](O)C(C)=C[C@@H](C(=O)O1)[C@]34O)O2.O=C(O)c1ccccc1. The monoisotopic (exact) mass is 1010 g/mol. The molecule has 0 radical (unpaired) electrons. The zero-order valence-corrected chi connectivity index (χ0v) is 44.0. The van der Waals surface area contributed by atoms with Gasteiger partial charge in [0.1, 0.15) is 35.9 Å². The van der Waals surface area contributed by atoms with Gasteiger partial charge < -0.3 is 68.0 Å². The number of aliphatic hydroxyl groups excluding tert-OH is 1. The van der Waals surface area contributed by atoms with E-state index in [2.05, 4.69) is 52.1 Å². The van der Waals surface area contributed by atoms with Crippen molar-refractivity contribution < 1.29 is 72.3 Å². The summed E-state index contributed by atoms with van der Waals surface area (Å²) in [7, 11) is 5.30. The number of rotatable bonds is 10.